The molecular formula is C12H16F3N3O. The lowest BCUT2D eigenvalue weighted by molar-refractivity contribution is -0.137. The third kappa shape index (κ3) is 3.99. The van der Waals surface area contributed by atoms with E-state index >= 15 is 0 Å². The second-order valence-corrected chi connectivity index (χ2v) is 4.68. The van der Waals surface area contributed by atoms with Gasteiger partial charge in [-0.25, -0.2) is 0 Å². The average Bonchev–Trinajstić information content (AvgIpc) is 3.10. The minimum absolute atomic E-state index is 0.0866. The standard InChI is InChI=1S/C12H16F3N3O/c1-18(9-2-3-9)4-5-19-11-7-8(12(13,14)15)6-10(16)17-11/h6-7,9H,2-5H2,1H3,(H2,16,17). The van der Waals surface area contributed by atoms with Gasteiger partial charge in [0.15, 0.2) is 0 Å². The molecule has 0 aromatic carbocycles. The lowest BCUT2D eigenvalue weighted by Gasteiger charge is -2.16. The van der Waals surface area contributed by atoms with Gasteiger partial charge in [-0.3, -0.25) is 0 Å². The number of alkyl halides is 3. The van der Waals surface area contributed by atoms with Crippen LogP contribution in [0.15, 0.2) is 12.1 Å². The first kappa shape index (κ1) is 13.9. The number of ether oxygens (including phenoxy) is 1. The van der Waals surface area contributed by atoms with E-state index in [0.29, 0.717) is 19.2 Å². The molecule has 0 saturated heterocycles. The van der Waals surface area contributed by atoms with Crippen molar-refractivity contribution in [1.29, 1.82) is 0 Å². The van der Waals surface area contributed by atoms with E-state index in [4.69, 9.17) is 10.5 Å². The first-order valence-electron chi connectivity index (χ1n) is 6.04. The molecule has 19 heavy (non-hydrogen) atoms. The highest BCUT2D eigenvalue weighted by Crippen LogP contribution is 2.32. The molecule has 0 atom stereocenters. The summed E-state index contributed by atoms with van der Waals surface area (Å²) >= 11 is 0. The largest absolute Gasteiger partial charge is 0.476 e. The Balaban J connectivity index is 1.93. The van der Waals surface area contributed by atoms with Crippen LogP contribution < -0.4 is 10.5 Å². The van der Waals surface area contributed by atoms with Gasteiger partial charge in [-0.1, -0.05) is 0 Å². The molecule has 1 saturated carbocycles. The fourth-order valence-corrected chi connectivity index (χ4v) is 1.76. The van der Waals surface area contributed by atoms with E-state index in [1.165, 1.54) is 12.8 Å². The number of hydrogen-bond acceptors (Lipinski definition) is 4. The summed E-state index contributed by atoms with van der Waals surface area (Å²) in [7, 11) is 1.97. The van der Waals surface area contributed by atoms with Crippen molar-refractivity contribution in [3.8, 4) is 5.88 Å². The highest BCUT2D eigenvalue weighted by Gasteiger charge is 2.31. The second-order valence-electron chi connectivity index (χ2n) is 4.68. The summed E-state index contributed by atoms with van der Waals surface area (Å²) in [4.78, 5) is 5.86. The Hall–Kier alpha value is -1.50. The van der Waals surface area contributed by atoms with Gasteiger partial charge in [0, 0.05) is 18.7 Å². The monoisotopic (exact) mass is 275 g/mol. The maximum atomic E-state index is 12.6. The summed E-state index contributed by atoms with van der Waals surface area (Å²) in [6.45, 7) is 0.948. The molecule has 2 N–H and O–H groups in total. The molecule has 1 aliphatic rings. The smallest absolute Gasteiger partial charge is 0.416 e. The van der Waals surface area contributed by atoms with Gasteiger partial charge in [0.1, 0.15) is 12.4 Å². The zero-order valence-corrected chi connectivity index (χ0v) is 10.6. The Morgan fingerprint density at radius 1 is 1.42 bits per heavy atom. The molecule has 1 heterocycles. The third-order valence-electron chi connectivity index (χ3n) is 3.01. The Labute approximate surface area is 109 Å². The Morgan fingerprint density at radius 2 is 2.11 bits per heavy atom. The molecule has 0 aliphatic heterocycles. The summed E-state index contributed by atoms with van der Waals surface area (Å²) in [5.41, 5.74) is 4.50. The van der Waals surface area contributed by atoms with Crippen molar-refractivity contribution in [1.82, 2.24) is 9.88 Å². The van der Waals surface area contributed by atoms with Crippen LogP contribution in [-0.4, -0.2) is 36.1 Å². The number of hydrogen-bond donors (Lipinski definition) is 1. The number of likely N-dealkylation sites (N-methyl/N-ethyl adjacent to an activating group) is 1. The van der Waals surface area contributed by atoms with Gasteiger partial charge >= 0.3 is 6.18 Å². The SMILES string of the molecule is CN(CCOc1cc(C(F)(F)F)cc(N)n1)C1CC1. The van der Waals surface area contributed by atoms with E-state index in [1.807, 2.05) is 7.05 Å². The van der Waals surface area contributed by atoms with Crippen LogP contribution in [0.1, 0.15) is 18.4 Å². The number of nitrogen functional groups attached to an aromatic ring is 1. The van der Waals surface area contributed by atoms with Gasteiger partial charge in [0.2, 0.25) is 5.88 Å². The molecule has 0 bridgehead atoms. The molecule has 0 spiro atoms. The molecule has 0 radical (unpaired) electrons. The Bertz CT molecular complexity index is 446. The Morgan fingerprint density at radius 3 is 2.68 bits per heavy atom. The van der Waals surface area contributed by atoms with Crippen molar-refractivity contribution in [2.75, 3.05) is 25.9 Å². The van der Waals surface area contributed by atoms with Gasteiger partial charge in [-0.15, -0.1) is 0 Å². The summed E-state index contributed by atoms with van der Waals surface area (Å²) in [5.74, 6) is -0.281. The minimum Gasteiger partial charge on any atom is -0.476 e. The van der Waals surface area contributed by atoms with Crippen molar-refractivity contribution in [2.24, 2.45) is 0 Å². The maximum absolute atomic E-state index is 12.6. The molecule has 0 unspecified atom stereocenters. The number of rotatable bonds is 5. The zero-order valence-electron chi connectivity index (χ0n) is 10.6. The van der Waals surface area contributed by atoms with Crippen LogP contribution in [0.4, 0.5) is 19.0 Å². The quantitative estimate of drug-likeness (QED) is 0.894. The number of nitrogens with zero attached hydrogens (tertiary/aromatic N) is 2. The summed E-state index contributed by atoms with van der Waals surface area (Å²) in [6, 6.07) is 2.25. The number of nitrogens with two attached hydrogens (primary N) is 1. The normalized spacial score (nSPS) is 15.8. The van der Waals surface area contributed by atoms with Gasteiger partial charge in [0.05, 0.1) is 5.56 Å². The highest BCUT2D eigenvalue weighted by atomic mass is 19.4. The molecule has 106 valence electrons. The lowest BCUT2D eigenvalue weighted by atomic mass is 10.2. The van der Waals surface area contributed by atoms with Crippen LogP contribution in [0.5, 0.6) is 5.88 Å². The van der Waals surface area contributed by atoms with Gasteiger partial charge in [-0.2, -0.15) is 18.2 Å². The molecule has 4 nitrogen and oxygen atoms in total. The first-order valence-corrected chi connectivity index (χ1v) is 6.04. The first-order chi connectivity index (χ1) is 8.86. The van der Waals surface area contributed by atoms with E-state index in [9.17, 15) is 13.2 Å². The molecular weight excluding hydrogens is 259 g/mol. The minimum atomic E-state index is -4.44. The van der Waals surface area contributed by atoms with Crippen molar-refractivity contribution >= 4 is 5.82 Å². The molecule has 2 rings (SSSR count). The van der Waals surface area contributed by atoms with Crippen molar-refractivity contribution in [3.63, 3.8) is 0 Å². The molecule has 1 aromatic rings. The molecule has 7 heteroatoms. The van der Waals surface area contributed by atoms with Crippen LogP contribution in [0.2, 0.25) is 0 Å². The maximum Gasteiger partial charge on any atom is 0.416 e. The average molecular weight is 275 g/mol. The number of halogens is 3. The lowest BCUT2D eigenvalue weighted by Crippen LogP contribution is -2.26. The zero-order chi connectivity index (χ0) is 14.0. The molecule has 1 aromatic heterocycles. The van der Waals surface area contributed by atoms with E-state index in [1.54, 1.807) is 0 Å². The molecule has 1 fully saturated rings. The fourth-order valence-electron chi connectivity index (χ4n) is 1.76. The van der Waals surface area contributed by atoms with Crippen LogP contribution in [-0.2, 0) is 6.18 Å². The fraction of sp³-hybridized carbons (Fsp3) is 0.583. The Kier molecular flexibility index (Phi) is 3.84. The number of aromatic nitrogens is 1. The molecule has 0 amide bonds. The van der Waals surface area contributed by atoms with E-state index in [2.05, 4.69) is 9.88 Å². The summed E-state index contributed by atoms with van der Waals surface area (Å²) in [5, 5.41) is 0. The summed E-state index contributed by atoms with van der Waals surface area (Å²) < 4.78 is 42.9. The van der Waals surface area contributed by atoms with Crippen LogP contribution in [0.25, 0.3) is 0 Å². The van der Waals surface area contributed by atoms with Gasteiger partial charge in [-0.05, 0) is 26.0 Å². The van der Waals surface area contributed by atoms with Gasteiger partial charge < -0.3 is 15.4 Å². The highest BCUT2D eigenvalue weighted by molar-refractivity contribution is 5.38. The van der Waals surface area contributed by atoms with Crippen molar-refractivity contribution in [2.45, 2.75) is 25.1 Å². The van der Waals surface area contributed by atoms with Crippen LogP contribution >= 0.6 is 0 Å². The van der Waals surface area contributed by atoms with Gasteiger partial charge in [0.25, 0.3) is 0 Å². The summed E-state index contributed by atoms with van der Waals surface area (Å²) in [6.07, 6.45) is -2.10. The van der Waals surface area contributed by atoms with Crippen molar-refractivity contribution < 1.29 is 17.9 Å². The van der Waals surface area contributed by atoms with Crippen LogP contribution in [0.3, 0.4) is 0 Å². The van der Waals surface area contributed by atoms with Crippen LogP contribution in [0, 0.1) is 0 Å². The number of anilines is 1. The predicted molar refractivity (Wildman–Crippen MR) is 64.8 cm³/mol. The predicted octanol–water partition coefficient (Wildman–Crippen LogP) is 2.16. The van der Waals surface area contributed by atoms with E-state index in [0.717, 1.165) is 12.1 Å². The topological polar surface area (TPSA) is 51.4 Å². The molecule has 1 aliphatic carbocycles. The number of pyridine rings is 1. The van der Waals surface area contributed by atoms with E-state index in [-0.39, 0.29) is 11.7 Å². The second kappa shape index (κ2) is 5.24. The van der Waals surface area contributed by atoms with Crippen molar-refractivity contribution in [3.05, 3.63) is 17.7 Å². The van der Waals surface area contributed by atoms with E-state index < -0.39 is 11.7 Å². The third-order valence-corrected chi connectivity index (χ3v) is 3.01.